The first kappa shape index (κ1) is 15.2. The highest BCUT2D eigenvalue weighted by Crippen LogP contribution is 2.24. The first-order valence-corrected chi connectivity index (χ1v) is 6.70. The van der Waals surface area contributed by atoms with Gasteiger partial charge in [-0.2, -0.15) is 0 Å². The van der Waals surface area contributed by atoms with Crippen LogP contribution < -0.4 is 5.32 Å². The summed E-state index contributed by atoms with van der Waals surface area (Å²) in [6, 6.07) is 4.48. The van der Waals surface area contributed by atoms with Gasteiger partial charge in [0.05, 0.1) is 16.6 Å². The fourth-order valence-electron chi connectivity index (χ4n) is 2.18. The van der Waals surface area contributed by atoms with Crippen molar-refractivity contribution in [2.45, 2.75) is 18.6 Å². The molecule has 2 rings (SSSR count). The van der Waals surface area contributed by atoms with E-state index in [0.29, 0.717) is 31.3 Å². The van der Waals surface area contributed by atoms with E-state index in [1.54, 1.807) is 13.2 Å². The van der Waals surface area contributed by atoms with Gasteiger partial charge >= 0.3 is 0 Å². The molecule has 1 aromatic rings. The molecule has 1 aromatic carbocycles. The monoisotopic (exact) mass is 300 g/mol. The number of hydrogen-bond acceptors (Lipinski definition) is 5. The second-order valence-electron chi connectivity index (χ2n) is 4.83. The molecule has 0 bridgehead atoms. The summed E-state index contributed by atoms with van der Waals surface area (Å²) in [5.74, 6) is 0. The van der Waals surface area contributed by atoms with E-state index in [2.05, 4.69) is 5.32 Å². The third kappa shape index (κ3) is 3.46. The van der Waals surface area contributed by atoms with Crippen LogP contribution in [-0.2, 0) is 16.0 Å². The third-order valence-corrected chi connectivity index (χ3v) is 3.86. The number of nitrogens with zero attached hydrogens (tertiary/aromatic N) is 1. The van der Waals surface area contributed by atoms with E-state index in [0.717, 1.165) is 12.0 Å². The smallest absolute Gasteiger partial charge is 0.270 e. The molecule has 1 aliphatic heterocycles. The lowest BCUT2D eigenvalue weighted by atomic mass is 10.0. The number of ether oxygens (including phenoxy) is 2. The number of nitro benzene ring substituents is 1. The molecule has 0 radical (unpaired) electrons. The van der Waals surface area contributed by atoms with Crippen molar-refractivity contribution in [1.82, 2.24) is 5.32 Å². The molecule has 0 aromatic heterocycles. The average molecular weight is 301 g/mol. The Balaban J connectivity index is 1.92. The van der Waals surface area contributed by atoms with Crippen molar-refractivity contribution < 1.29 is 14.4 Å². The van der Waals surface area contributed by atoms with Crippen LogP contribution in [0.4, 0.5) is 5.69 Å². The Morgan fingerprint density at radius 2 is 2.40 bits per heavy atom. The Kier molecular flexibility index (Phi) is 4.93. The highest BCUT2D eigenvalue weighted by Gasteiger charge is 2.34. The van der Waals surface area contributed by atoms with Crippen molar-refractivity contribution in [3.63, 3.8) is 0 Å². The van der Waals surface area contributed by atoms with Gasteiger partial charge in [0.15, 0.2) is 0 Å². The van der Waals surface area contributed by atoms with Crippen molar-refractivity contribution in [2.24, 2.45) is 0 Å². The van der Waals surface area contributed by atoms with Crippen LogP contribution in [0.5, 0.6) is 0 Å². The number of benzene rings is 1. The van der Waals surface area contributed by atoms with E-state index in [-0.39, 0.29) is 11.3 Å². The summed E-state index contributed by atoms with van der Waals surface area (Å²) in [7, 11) is 1.68. The minimum absolute atomic E-state index is 0.00342. The molecule has 0 saturated carbocycles. The zero-order valence-corrected chi connectivity index (χ0v) is 12.0. The van der Waals surface area contributed by atoms with Crippen molar-refractivity contribution in [3.05, 3.63) is 38.9 Å². The summed E-state index contributed by atoms with van der Waals surface area (Å²) in [5.41, 5.74) is 0.534. The minimum Gasteiger partial charge on any atom is -0.378 e. The summed E-state index contributed by atoms with van der Waals surface area (Å²) < 4.78 is 10.9. The van der Waals surface area contributed by atoms with Crippen LogP contribution in [0, 0.1) is 10.1 Å². The van der Waals surface area contributed by atoms with Crippen LogP contribution >= 0.6 is 11.6 Å². The Labute approximate surface area is 122 Å². The third-order valence-electron chi connectivity index (χ3n) is 3.51. The van der Waals surface area contributed by atoms with Crippen molar-refractivity contribution >= 4 is 17.3 Å². The molecule has 1 saturated heterocycles. The van der Waals surface area contributed by atoms with Gasteiger partial charge in [0.25, 0.3) is 5.69 Å². The Hall–Kier alpha value is -1.21. The maximum absolute atomic E-state index is 10.6. The maximum atomic E-state index is 10.6. The van der Waals surface area contributed by atoms with Crippen LogP contribution in [0.25, 0.3) is 0 Å². The van der Waals surface area contributed by atoms with E-state index < -0.39 is 4.92 Å². The van der Waals surface area contributed by atoms with E-state index in [9.17, 15) is 10.1 Å². The number of nitro groups is 1. The highest BCUT2D eigenvalue weighted by molar-refractivity contribution is 6.31. The fraction of sp³-hybridized carbons (Fsp3) is 0.538. The predicted molar refractivity (Wildman–Crippen MR) is 75.0 cm³/mol. The summed E-state index contributed by atoms with van der Waals surface area (Å²) >= 11 is 6.04. The zero-order valence-electron chi connectivity index (χ0n) is 11.2. The molecular formula is C13H17ClN2O4. The second kappa shape index (κ2) is 6.49. The van der Waals surface area contributed by atoms with Gasteiger partial charge in [-0.25, -0.2) is 0 Å². The number of hydrogen-bond donors (Lipinski definition) is 1. The Bertz CT molecular complexity index is 489. The number of methoxy groups -OCH3 is 1. The van der Waals surface area contributed by atoms with Gasteiger partial charge < -0.3 is 14.8 Å². The molecule has 1 heterocycles. The first-order chi connectivity index (χ1) is 9.56. The predicted octanol–water partition coefficient (Wildman–Crippen LogP) is 2.14. The molecule has 20 heavy (non-hydrogen) atoms. The molecule has 0 aliphatic carbocycles. The van der Waals surface area contributed by atoms with Gasteiger partial charge in [0.2, 0.25) is 0 Å². The fourth-order valence-corrected chi connectivity index (χ4v) is 2.42. The first-order valence-electron chi connectivity index (χ1n) is 6.33. The number of nitrogens with one attached hydrogen (secondary N) is 1. The quantitative estimate of drug-likeness (QED) is 0.643. The molecule has 7 heteroatoms. The molecule has 1 fully saturated rings. The Morgan fingerprint density at radius 3 is 2.95 bits per heavy atom. The Morgan fingerprint density at radius 1 is 1.60 bits per heavy atom. The van der Waals surface area contributed by atoms with Crippen LogP contribution in [-0.4, -0.2) is 37.4 Å². The van der Waals surface area contributed by atoms with Gasteiger partial charge in [-0.1, -0.05) is 11.6 Å². The van der Waals surface area contributed by atoms with Crippen molar-refractivity contribution in [3.8, 4) is 0 Å². The molecule has 1 unspecified atom stereocenters. The number of rotatable bonds is 6. The van der Waals surface area contributed by atoms with Crippen LogP contribution in [0.2, 0.25) is 5.02 Å². The summed E-state index contributed by atoms with van der Waals surface area (Å²) in [5, 5.41) is 14.3. The second-order valence-corrected chi connectivity index (χ2v) is 5.23. The molecule has 6 nitrogen and oxygen atoms in total. The largest absolute Gasteiger partial charge is 0.378 e. The summed E-state index contributed by atoms with van der Waals surface area (Å²) in [4.78, 5) is 10.2. The molecule has 0 spiro atoms. The van der Waals surface area contributed by atoms with E-state index in [4.69, 9.17) is 21.1 Å². The SMILES string of the molecule is COC1(CNCc2ccc([N+](=O)[O-])cc2Cl)CCOC1. The van der Waals surface area contributed by atoms with Gasteiger partial charge in [0, 0.05) is 45.4 Å². The van der Waals surface area contributed by atoms with Crippen LogP contribution in [0.15, 0.2) is 18.2 Å². The molecule has 1 atom stereocenters. The van der Waals surface area contributed by atoms with Gasteiger partial charge in [0.1, 0.15) is 5.60 Å². The molecular weight excluding hydrogens is 284 g/mol. The number of non-ortho nitro benzene ring substituents is 1. The maximum Gasteiger partial charge on any atom is 0.270 e. The molecule has 110 valence electrons. The van der Waals surface area contributed by atoms with Gasteiger partial charge in [-0.15, -0.1) is 0 Å². The highest BCUT2D eigenvalue weighted by atomic mass is 35.5. The molecule has 1 aliphatic rings. The minimum atomic E-state index is -0.459. The van der Waals surface area contributed by atoms with E-state index in [1.807, 2.05) is 0 Å². The summed E-state index contributed by atoms with van der Waals surface area (Å²) in [6.07, 6.45) is 0.852. The van der Waals surface area contributed by atoms with Gasteiger partial charge in [-0.3, -0.25) is 10.1 Å². The molecule has 0 amide bonds. The summed E-state index contributed by atoms with van der Waals surface area (Å²) in [6.45, 7) is 2.46. The molecule has 1 N–H and O–H groups in total. The van der Waals surface area contributed by atoms with Crippen molar-refractivity contribution in [2.75, 3.05) is 26.9 Å². The normalized spacial score (nSPS) is 22.1. The van der Waals surface area contributed by atoms with E-state index >= 15 is 0 Å². The van der Waals surface area contributed by atoms with E-state index in [1.165, 1.54) is 12.1 Å². The number of halogens is 1. The average Bonchev–Trinajstić information content (AvgIpc) is 2.90. The standard InChI is InChI=1S/C13H17ClN2O4/c1-19-13(4-5-20-9-13)8-15-7-10-2-3-11(16(17)18)6-12(10)14/h2-3,6,15H,4-5,7-9H2,1H3. The van der Waals surface area contributed by atoms with Crippen LogP contribution in [0.3, 0.4) is 0 Å². The zero-order chi connectivity index (χ0) is 14.6. The lowest BCUT2D eigenvalue weighted by molar-refractivity contribution is -0.384. The topological polar surface area (TPSA) is 73.6 Å². The van der Waals surface area contributed by atoms with Crippen LogP contribution in [0.1, 0.15) is 12.0 Å². The lowest BCUT2D eigenvalue weighted by Crippen LogP contribution is -2.42. The lowest BCUT2D eigenvalue weighted by Gasteiger charge is -2.26. The van der Waals surface area contributed by atoms with Crippen molar-refractivity contribution in [1.29, 1.82) is 0 Å². The van der Waals surface area contributed by atoms with Gasteiger partial charge in [-0.05, 0) is 11.6 Å².